The molecule has 1 nitrogen and oxygen atoms in total. The molecular weight excluding hydrogens is 188 g/mol. The van der Waals surface area contributed by atoms with Gasteiger partial charge in [0.1, 0.15) is 0 Å². The Bertz CT molecular complexity index is 179. The van der Waals surface area contributed by atoms with Crippen LogP contribution in [-0.2, 0) is 0 Å². The van der Waals surface area contributed by atoms with Crippen LogP contribution in [0.5, 0.6) is 0 Å². The first-order valence-electron chi connectivity index (χ1n) is 5.55. The number of rotatable bonds is 6. The Kier molecular flexibility index (Phi) is 5.68. The minimum absolute atomic E-state index is 0.265. The van der Waals surface area contributed by atoms with Crippen LogP contribution in [0.3, 0.4) is 0 Å². The first-order valence-corrected chi connectivity index (χ1v) is 9.25. The molecule has 0 aliphatic rings. The van der Waals surface area contributed by atoms with Crippen molar-refractivity contribution in [2.24, 2.45) is 11.8 Å². The molecule has 0 aromatic rings. The second-order valence-electron chi connectivity index (χ2n) is 5.90. The van der Waals surface area contributed by atoms with E-state index in [9.17, 15) is 5.11 Å². The van der Waals surface area contributed by atoms with E-state index in [1.165, 1.54) is 5.57 Å². The molecule has 0 amide bonds. The maximum absolute atomic E-state index is 9.30. The lowest BCUT2D eigenvalue weighted by molar-refractivity contribution is 0.228. The molecule has 0 fully saturated rings. The summed E-state index contributed by atoms with van der Waals surface area (Å²) >= 11 is 0. The highest BCUT2D eigenvalue weighted by atomic mass is 28.3. The van der Waals surface area contributed by atoms with Gasteiger partial charge in [-0.2, -0.15) is 0 Å². The first-order chi connectivity index (χ1) is 6.26. The lowest BCUT2D eigenvalue weighted by Gasteiger charge is -2.24. The summed E-state index contributed by atoms with van der Waals surface area (Å²) in [5.41, 5.74) is 1.26. The van der Waals surface area contributed by atoms with Crippen LogP contribution in [0, 0.1) is 11.8 Å². The normalized spacial score (nSPS) is 14.5. The maximum Gasteiger partial charge on any atom is 0.0496 e. The molecule has 1 N–H and O–H groups in total. The van der Waals surface area contributed by atoms with Gasteiger partial charge in [-0.25, -0.2) is 0 Å². The van der Waals surface area contributed by atoms with Crippen molar-refractivity contribution >= 4 is 8.07 Å². The largest absolute Gasteiger partial charge is 0.396 e. The van der Waals surface area contributed by atoms with Crippen LogP contribution >= 0.6 is 0 Å². The van der Waals surface area contributed by atoms with E-state index in [1.54, 1.807) is 0 Å². The fourth-order valence-electron chi connectivity index (χ4n) is 1.76. The van der Waals surface area contributed by atoms with E-state index < -0.39 is 8.07 Å². The SMILES string of the molecule is C=C(C[Si](C)(C)C)[C@@H](CO)CC(C)C. The third-order valence-electron chi connectivity index (χ3n) is 2.31. The molecule has 0 aliphatic heterocycles. The van der Waals surface area contributed by atoms with Gasteiger partial charge in [0.2, 0.25) is 0 Å². The van der Waals surface area contributed by atoms with Crippen LogP contribution in [0.1, 0.15) is 20.3 Å². The third kappa shape index (κ3) is 6.38. The van der Waals surface area contributed by atoms with E-state index in [-0.39, 0.29) is 6.61 Å². The third-order valence-corrected chi connectivity index (χ3v) is 3.83. The van der Waals surface area contributed by atoms with Crippen LogP contribution in [0.15, 0.2) is 12.2 Å². The highest BCUT2D eigenvalue weighted by molar-refractivity contribution is 6.76. The van der Waals surface area contributed by atoms with Crippen molar-refractivity contribution < 1.29 is 5.11 Å². The maximum atomic E-state index is 9.30. The summed E-state index contributed by atoms with van der Waals surface area (Å²) in [5.74, 6) is 0.965. The zero-order chi connectivity index (χ0) is 11.4. The van der Waals surface area contributed by atoms with E-state index >= 15 is 0 Å². The van der Waals surface area contributed by atoms with Crippen molar-refractivity contribution in [2.75, 3.05) is 6.61 Å². The Morgan fingerprint density at radius 2 is 1.79 bits per heavy atom. The number of hydrogen-bond acceptors (Lipinski definition) is 1. The quantitative estimate of drug-likeness (QED) is 0.530. The van der Waals surface area contributed by atoms with Crippen LogP contribution in [0.4, 0.5) is 0 Å². The van der Waals surface area contributed by atoms with Gasteiger partial charge in [-0.05, 0) is 18.4 Å². The van der Waals surface area contributed by atoms with E-state index in [1.807, 2.05) is 0 Å². The van der Waals surface area contributed by atoms with E-state index in [4.69, 9.17) is 0 Å². The van der Waals surface area contributed by atoms with E-state index in [0.29, 0.717) is 11.8 Å². The molecule has 0 aliphatic carbocycles. The van der Waals surface area contributed by atoms with Gasteiger partial charge in [-0.15, -0.1) is 0 Å². The molecule has 0 aromatic carbocycles. The Morgan fingerprint density at radius 1 is 1.29 bits per heavy atom. The molecule has 0 spiro atoms. The summed E-state index contributed by atoms with van der Waals surface area (Å²) in [5, 5.41) is 9.30. The molecule has 0 saturated heterocycles. The van der Waals surface area contributed by atoms with Gasteiger partial charge in [0.15, 0.2) is 0 Å². The van der Waals surface area contributed by atoms with E-state index in [2.05, 4.69) is 40.1 Å². The zero-order valence-corrected chi connectivity index (χ0v) is 11.4. The van der Waals surface area contributed by atoms with Gasteiger partial charge < -0.3 is 5.11 Å². The van der Waals surface area contributed by atoms with Crippen molar-refractivity contribution in [1.29, 1.82) is 0 Å². The molecule has 0 aromatic heterocycles. The van der Waals surface area contributed by atoms with Crippen molar-refractivity contribution in [1.82, 2.24) is 0 Å². The molecule has 84 valence electrons. The second-order valence-corrected chi connectivity index (χ2v) is 11.4. The average molecular weight is 214 g/mol. The smallest absolute Gasteiger partial charge is 0.0496 e. The summed E-state index contributed by atoms with van der Waals surface area (Å²) in [6.07, 6.45) is 1.07. The Hall–Kier alpha value is -0.0831. The van der Waals surface area contributed by atoms with E-state index in [0.717, 1.165) is 12.5 Å². The minimum atomic E-state index is -1.06. The molecule has 0 unspecified atom stereocenters. The van der Waals surface area contributed by atoms with Crippen LogP contribution in [0.25, 0.3) is 0 Å². The molecular formula is C12H26OSi. The molecule has 0 radical (unpaired) electrons. The van der Waals surface area contributed by atoms with Gasteiger partial charge in [0.05, 0.1) is 0 Å². The fourth-order valence-corrected chi connectivity index (χ4v) is 3.42. The van der Waals surface area contributed by atoms with Gasteiger partial charge in [0, 0.05) is 20.6 Å². The Morgan fingerprint density at radius 3 is 2.07 bits per heavy atom. The highest BCUT2D eigenvalue weighted by Gasteiger charge is 2.20. The van der Waals surface area contributed by atoms with Crippen molar-refractivity contribution in [2.45, 2.75) is 46.0 Å². The summed E-state index contributed by atoms with van der Waals surface area (Å²) in [7, 11) is -1.06. The monoisotopic (exact) mass is 214 g/mol. The molecule has 2 heteroatoms. The first kappa shape index (κ1) is 13.9. The number of hydrogen-bond donors (Lipinski definition) is 1. The molecule has 1 atom stereocenters. The summed E-state index contributed by atoms with van der Waals surface area (Å²) in [4.78, 5) is 0. The summed E-state index contributed by atoms with van der Waals surface area (Å²) in [6, 6.07) is 1.14. The van der Waals surface area contributed by atoms with Gasteiger partial charge in [-0.1, -0.05) is 45.6 Å². The average Bonchev–Trinajstić information content (AvgIpc) is 1.96. The Balaban J connectivity index is 4.18. The standard InChI is InChI=1S/C12H26OSi/c1-10(2)7-12(8-13)11(3)9-14(4,5)6/h10,12-13H,3,7-9H2,1-2,4-6H3/t12-/m1/s1. The van der Waals surface area contributed by atoms with Gasteiger partial charge in [0.25, 0.3) is 0 Å². The Labute approximate surface area is 90.2 Å². The van der Waals surface area contributed by atoms with Gasteiger partial charge in [-0.3, -0.25) is 0 Å². The molecule has 0 heterocycles. The van der Waals surface area contributed by atoms with Crippen molar-refractivity contribution in [3.63, 3.8) is 0 Å². The predicted molar refractivity (Wildman–Crippen MR) is 67.3 cm³/mol. The predicted octanol–water partition coefficient (Wildman–Crippen LogP) is 3.54. The van der Waals surface area contributed by atoms with Crippen LogP contribution in [-0.4, -0.2) is 19.8 Å². The topological polar surface area (TPSA) is 20.2 Å². The van der Waals surface area contributed by atoms with Crippen LogP contribution < -0.4 is 0 Å². The molecule has 0 saturated carbocycles. The molecule has 0 rings (SSSR count). The highest BCUT2D eigenvalue weighted by Crippen LogP contribution is 2.25. The fraction of sp³-hybridized carbons (Fsp3) is 0.833. The second kappa shape index (κ2) is 5.71. The van der Waals surface area contributed by atoms with Gasteiger partial charge >= 0.3 is 0 Å². The van der Waals surface area contributed by atoms with Crippen molar-refractivity contribution in [3.05, 3.63) is 12.2 Å². The lowest BCUT2D eigenvalue weighted by atomic mass is 9.92. The van der Waals surface area contributed by atoms with Crippen LogP contribution in [0.2, 0.25) is 25.7 Å². The molecule has 14 heavy (non-hydrogen) atoms. The number of aliphatic hydroxyl groups is 1. The number of aliphatic hydroxyl groups excluding tert-OH is 1. The summed E-state index contributed by atoms with van der Waals surface area (Å²) < 4.78 is 0. The summed E-state index contributed by atoms with van der Waals surface area (Å²) in [6.45, 7) is 15.8. The zero-order valence-electron chi connectivity index (χ0n) is 10.4. The van der Waals surface area contributed by atoms with Crippen molar-refractivity contribution in [3.8, 4) is 0 Å². The minimum Gasteiger partial charge on any atom is -0.396 e. The molecule has 0 bridgehead atoms. The lowest BCUT2D eigenvalue weighted by Crippen LogP contribution is -2.23.